The molecule has 0 atom stereocenters. The summed E-state index contributed by atoms with van der Waals surface area (Å²) in [5.74, 6) is 0.448. The van der Waals surface area contributed by atoms with E-state index in [0.717, 1.165) is 40.8 Å². The summed E-state index contributed by atoms with van der Waals surface area (Å²) in [6.07, 6.45) is 10.4. The van der Waals surface area contributed by atoms with Gasteiger partial charge >= 0.3 is 0 Å². The van der Waals surface area contributed by atoms with Crippen molar-refractivity contribution in [3.63, 3.8) is 0 Å². The standard InChI is InChI=1S/C25H32O2S/c1-6-22-20-15-25(7-2,8-3)12-11-19(20)24(28-22)21(26)10-9-18-13-16(4)23(27)17(5)14-18/h9-10,13-14,27H,6-8,11-12,15H2,1-5H3/b10-9+. The summed E-state index contributed by atoms with van der Waals surface area (Å²) in [4.78, 5) is 15.4. The number of benzene rings is 1. The van der Waals surface area contributed by atoms with E-state index in [-0.39, 0.29) is 5.78 Å². The number of rotatable bonds is 6. The van der Waals surface area contributed by atoms with Crippen molar-refractivity contribution in [3.05, 3.63) is 55.8 Å². The highest BCUT2D eigenvalue weighted by Crippen LogP contribution is 2.45. The Bertz CT molecular complexity index is 890. The van der Waals surface area contributed by atoms with Gasteiger partial charge in [0.05, 0.1) is 4.88 Å². The number of ketones is 1. The van der Waals surface area contributed by atoms with Crippen molar-refractivity contribution in [1.82, 2.24) is 0 Å². The van der Waals surface area contributed by atoms with Crippen molar-refractivity contribution in [3.8, 4) is 5.75 Å². The van der Waals surface area contributed by atoms with Crippen LogP contribution in [0.2, 0.25) is 0 Å². The average molecular weight is 397 g/mol. The predicted octanol–water partition coefficient (Wildman–Crippen LogP) is 6.82. The molecule has 0 aliphatic heterocycles. The van der Waals surface area contributed by atoms with E-state index < -0.39 is 0 Å². The Balaban J connectivity index is 1.91. The molecule has 0 spiro atoms. The predicted molar refractivity (Wildman–Crippen MR) is 120 cm³/mol. The molecular formula is C25H32O2S. The van der Waals surface area contributed by atoms with Crippen molar-refractivity contribution in [2.75, 3.05) is 0 Å². The highest BCUT2D eigenvalue weighted by Gasteiger charge is 2.35. The van der Waals surface area contributed by atoms with Crippen molar-refractivity contribution in [2.24, 2.45) is 5.41 Å². The lowest BCUT2D eigenvalue weighted by Crippen LogP contribution is -2.28. The largest absolute Gasteiger partial charge is 0.507 e. The van der Waals surface area contributed by atoms with Crippen LogP contribution >= 0.6 is 11.3 Å². The number of thiophene rings is 1. The number of phenols is 1. The van der Waals surface area contributed by atoms with Crippen LogP contribution in [0, 0.1) is 19.3 Å². The van der Waals surface area contributed by atoms with Crippen LogP contribution in [-0.2, 0) is 19.3 Å². The van der Waals surface area contributed by atoms with Gasteiger partial charge in [-0.1, -0.05) is 39.7 Å². The van der Waals surface area contributed by atoms with E-state index in [4.69, 9.17) is 0 Å². The Morgan fingerprint density at radius 2 is 1.79 bits per heavy atom. The van der Waals surface area contributed by atoms with Crippen LogP contribution in [-0.4, -0.2) is 10.9 Å². The lowest BCUT2D eigenvalue weighted by molar-refractivity contribution is 0.104. The Hall–Kier alpha value is -1.87. The van der Waals surface area contributed by atoms with Gasteiger partial charge in [0.25, 0.3) is 0 Å². The number of aromatic hydroxyl groups is 1. The summed E-state index contributed by atoms with van der Waals surface area (Å²) in [6.45, 7) is 10.6. The van der Waals surface area contributed by atoms with Gasteiger partial charge in [0.1, 0.15) is 5.75 Å². The normalized spacial score (nSPS) is 15.8. The molecule has 0 radical (unpaired) electrons. The Labute approximate surface area is 173 Å². The SMILES string of the molecule is CCc1sc(C(=O)/C=C/c2cc(C)c(O)c(C)c2)c2c1CC(CC)(CC)CC2. The maximum atomic E-state index is 13.0. The maximum absolute atomic E-state index is 13.0. The molecule has 0 saturated heterocycles. The second kappa shape index (κ2) is 8.24. The summed E-state index contributed by atoms with van der Waals surface area (Å²) in [7, 11) is 0. The molecule has 3 heteroatoms. The monoisotopic (exact) mass is 396 g/mol. The number of fused-ring (bicyclic) bond motifs is 1. The molecule has 0 saturated carbocycles. The molecule has 2 aromatic rings. The third kappa shape index (κ3) is 3.82. The molecule has 0 unspecified atom stereocenters. The highest BCUT2D eigenvalue weighted by molar-refractivity contribution is 7.14. The molecule has 1 aliphatic carbocycles. The molecule has 1 aromatic carbocycles. The first-order chi connectivity index (χ1) is 13.3. The molecule has 0 fully saturated rings. The maximum Gasteiger partial charge on any atom is 0.196 e. The fraction of sp³-hybridized carbons (Fsp3) is 0.480. The number of aryl methyl sites for hydroxylation is 3. The molecule has 3 rings (SSSR count). The third-order valence-electron chi connectivity index (χ3n) is 6.64. The van der Waals surface area contributed by atoms with Crippen LogP contribution in [0.5, 0.6) is 5.75 Å². The van der Waals surface area contributed by atoms with Crippen molar-refractivity contribution < 1.29 is 9.90 Å². The van der Waals surface area contributed by atoms with Gasteiger partial charge in [-0.05, 0) is 91.0 Å². The van der Waals surface area contributed by atoms with Crippen LogP contribution in [0.25, 0.3) is 6.08 Å². The summed E-state index contributed by atoms with van der Waals surface area (Å²) >= 11 is 1.71. The van der Waals surface area contributed by atoms with Gasteiger partial charge in [0.2, 0.25) is 0 Å². The Kier molecular flexibility index (Phi) is 6.14. The number of allylic oxidation sites excluding steroid dienone is 1. The number of carbonyl (C=O) groups is 1. The second-order valence-corrected chi connectivity index (χ2v) is 9.35. The van der Waals surface area contributed by atoms with Gasteiger partial charge in [-0.2, -0.15) is 0 Å². The zero-order valence-electron chi connectivity index (χ0n) is 17.8. The molecular weight excluding hydrogens is 364 g/mol. The summed E-state index contributed by atoms with van der Waals surface area (Å²) in [6, 6.07) is 3.84. The smallest absolute Gasteiger partial charge is 0.196 e. The fourth-order valence-electron chi connectivity index (χ4n) is 4.55. The van der Waals surface area contributed by atoms with E-state index >= 15 is 0 Å². The minimum atomic E-state index is 0.116. The second-order valence-electron chi connectivity index (χ2n) is 8.25. The van der Waals surface area contributed by atoms with Crippen LogP contribution in [0.3, 0.4) is 0 Å². The molecule has 1 N–H and O–H groups in total. The molecule has 2 nitrogen and oxygen atoms in total. The Morgan fingerprint density at radius 1 is 1.14 bits per heavy atom. The number of phenolic OH excluding ortho intramolecular Hbond substituents is 1. The zero-order valence-corrected chi connectivity index (χ0v) is 18.6. The van der Waals surface area contributed by atoms with Gasteiger partial charge in [0.15, 0.2) is 5.78 Å². The first-order valence-corrected chi connectivity index (χ1v) is 11.3. The lowest BCUT2D eigenvalue weighted by atomic mass is 9.68. The fourth-order valence-corrected chi connectivity index (χ4v) is 5.77. The van der Waals surface area contributed by atoms with Crippen LogP contribution in [0.4, 0.5) is 0 Å². The van der Waals surface area contributed by atoms with E-state index in [1.54, 1.807) is 17.4 Å². The Morgan fingerprint density at radius 3 is 2.36 bits per heavy atom. The van der Waals surface area contributed by atoms with Crippen LogP contribution in [0.15, 0.2) is 18.2 Å². The minimum absolute atomic E-state index is 0.116. The average Bonchev–Trinajstić information content (AvgIpc) is 3.07. The minimum Gasteiger partial charge on any atom is -0.507 e. The topological polar surface area (TPSA) is 37.3 Å². The van der Waals surface area contributed by atoms with Gasteiger partial charge in [-0.3, -0.25) is 4.79 Å². The van der Waals surface area contributed by atoms with Gasteiger partial charge < -0.3 is 5.11 Å². The van der Waals surface area contributed by atoms with E-state index in [1.165, 1.54) is 35.3 Å². The van der Waals surface area contributed by atoms with Crippen LogP contribution < -0.4 is 0 Å². The number of hydrogen-bond acceptors (Lipinski definition) is 3. The van der Waals surface area contributed by atoms with Crippen molar-refractivity contribution in [1.29, 1.82) is 0 Å². The first kappa shape index (κ1) is 20.9. The van der Waals surface area contributed by atoms with Gasteiger partial charge in [-0.15, -0.1) is 11.3 Å². The molecule has 1 heterocycles. The van der Waals surface area contributed by atoms with E-state index in [0.29, 0.717) is 11.2 Å². The number of hydrogen-bond donors (Lipinski definition) is 1. The zero-order chi connectivity index (χ0) is 20.5. The number of carbonyl (C=O) groups excluding carboxylic acids is 1. The summed E-state index contributed by atoms with van der Waals surface area (Å²) in [5.41, 5.74) is 5.82. The molecule has 1 aliphatic rings. The highest BCUT2D eigenvalue weighted by atomic mass is 32.1. The summed E-state index contributed by atoms with van der Waals surface area (Å²) < 4.78 is 0. The molecule has 1 aromatic heterocycles. The molecule has 150 valence electrons. The van der Waals surface area contributed by atoms with Gasteiger partial charge in [0, 0.05) is 4.88 Å². The van der Waals surface area contributed by atoms with Gasteiger partial charge in [-0.25, -0.2) is 0 Å². The van der Waals surface area contributed by atoms with E-state index in [1.807, 2.05) is 32.1 Å². The van der Waals surface area contributed by atoms with Crippen molar-refractivity contribution in [2.45, 2.75) is 73.1 Å². The van der Waals surface area contributed by atoms with Crippen LogP contribution in [0.1, 0.15) is 82.4 Å². The van der Waals surface area contributed by atoms with E-state index in [2.05, 4.69) is 20.8 Å². The quantitative estimate of drug-likeness (QED) is 0.429. The summed E-state index contributed by atoms with van der Waals surface area (Å²) in [5, 5.41) is 9.94. The molecule has 0 bridgehead atoms. The van der Waals surface area contributed by atoms with Crippen molar-refractivity contribution >= 4 is 23.2 Å². The molecule has 28 heavy (non-hydrogen) atoms. The first-order valence-electron chi connectivity index (χ1n) is 10.5. The van der Waals surface area contributed by atoms with E-state index in [9.17, 15) is 9.90 Å². The third-order valence-corrected chi connectivity index (χ3v) is 8.08. The molecule has 0 amide bonds. The lowest BCUT2D eigenvalue weighted by Gasteiger charge is -2.36.